The Labute approximate surface area is 110 Å². The molecule has 0 unspecified atom stereocenters. The van der Waals surface area contributed by atoms with Gasteiger partial charge in [0.25, 0.3) is 0 Å². The van der Waals surface area contributed by atoms with Gasteiger partial charge in [0.15, 0.2) is 0 Å². The maximum absolute atomic E-state index is 12.0. The van der Waals surface area contributed by atoms with Gasteiger partial charge in [-0.2, -0.15) is 0 Å². The Morgan fingerprint density at radius 2 is 1.78 bits per heavy atom. The summed E-state index contributed by atoms with van der Waals surface area (Å²) in [4.78, 5) is 14.4. The van der Waals surface area contributed by atoms with Gasteiger partial charge in [-0.05, 0) is 51.6 Å². The summed E-state index contributed by atoms with van der Waals surface area (Å²) >= 11 is 0. The average molecular weight is 253 g/mol. The van der Waals surface area contributed by atoms with E-state index in [2.05, 4.69) is 10.2 Å². The molecule has 1 aliphatic carbocycles. The highest BCUT2D eigenvalue weighted by Gasteiger charge is 2.24. The summed E-state index contributed by atoms with van der Waals surface area (Å²) in [6, 6.07) is 0.322. The van der Waals surface area contributed by atoms with Crippen LogP contribution in [0.4, 0.5) is 0 Å². The lowest BCUT2D eigenvalue weighted by atomic mass is 9.86. The van der Waals surface area contributed by atoms with Crippen molar-refractivity contribution >= 4 is 5.91 Å². The van der Waals surface area contributed by atoms with Gasteiger partial charge in [-0.15, -0.1) is 0 Å². The summed E-state index contributed by atoms with van der Waals surface area (Å²) in [5, 5.41) is 3.09. The minimum Gasteiger partial charge on any atom is -0.355 e. The third-order valence-electron chi connectivity index (χ3n) is 4.32. The molecule has 104 valence electrons. The average Bonchev–Trinajstić information content (AvgIpc) is 2.40. The molecule has 18 heavy (non-hydrogen) atoms. The van der Waals surface area contributed by atoms with Gasteiger partial charge in [0, 0.05) is 25.0 Å². The van der Waals surface area contributed by atoms with Gasteiger partial charge in [-0.25, -0.2) is 0 Å². The molecule has 2 rings (SSSR count). The zero-order chi connectivity index (χ0) is 12.8. The van der Waals surface area contributed by atoms with Crippen LogP contribution in [0.15, 0.2) is 0 Å². The van der Waals surface area contributed by atoms with Crippen molar-refractivity contribution < 1.29 is 4.79 Å². The normalized spacial score (nSPS) is 30.1. The van der Waals surface area contributed by atoms with Crippen LogP contribution >= 0.6 is 0 Å². The Bertz CT molecular complexity index is 256. The lowest BCUT2D eigenvalue weighted by Gasteiger charge is -2.28. The van der Waals surface area contributed by atoms with Crippen LogP contribution in [-0.4, -0.2) is 43.0 Å². The predicted molar refractivity (Wildman–Crippen MR) is 73.2 cm³/mol. The van der Waals surface area contributed by atoms with Gasteiger partial charge in [-0.3, -0.25) is 4.79 Å². The van der Waals surface area contributed by atoms with Crippen molar-refractivity contribution in [3.8, 4) is 0 Å². The number of piperidine rings is 1. The van der Waals surface area contributed by atoms with Gasteiger partial charge < -0.3 is 16.0 Å². The van der Waals surface area contributed by atoms with Crippen LogP contribution in [0, 0.1) is 5.92 Å². The number of carbonyl (C=O) groups is 1. The van der Waals surface area contributed by atoms with Crippen molar-refractivity contribution in [1.29, 1.82) is 0 Å². The van der Waals surface area contributed by atoms with E-state index in [1.807, 2.05) is 0 Å². The highest BCUT2D eigenvalue weighted by molar-refractivity contribution is 5.78. The standard InChI is InChI=1S/C14H27N3O/c15-13-6-4-12(5-7-13)14(18)16-8-11-17-9-2-1-3-10-17/h12-13H,1-11,15H2,(H,16,18). The molecular weight excluding hydrogens is 226 g/mol. The quantitative estimate of drug-likeness (QED) is 0.789. The molecule has 0 atom stereocenters. The Balaban J connectivity index is 1.59. The largest absolute Gasteiger partial charge is 0.355 e. The lowest BCUT2D eigenvalue weighted by Crippen LogP contribution is -2.41. The van der Waals surface area contributed by atoms with Gasteiger partial charge in [0.2, 0.25) is 5.91 Å². The van der Waals surface area contributed by atoms with Crippen LogP contribution in [-0.2, 0) is 4.79 Å². The van der Waals surface area contributed by atoms with E-state index < -0.39 is 0 Å². The molecule has 0 aromatic rings. The minimum atomic E-state index is 0.214. The SMILES string of the molecule is NC1CCC(C(=O)NCCN2CCCCC2)CC1. The number of rotatable bonds is 4. The van der Waals surface area contributed by atoms with E-state index in [0.717, 1.165) is 38.8 Å². The molecule has 1 aliphatic heterocycles. The van der Waals surface area contributed by atoms with Crippen molar-refractivity contribution in [3.63, 3.8) is 0 Å². The summed E-state index contributed by atoms with van der Waals surface area (Å²) in [5.74, 6) is 0.463. The molecule has 2 fully saturated rings. The van der Waals surface area contributed by atoms with Gasteiger partial charge in [-0.1, -0.05) is 6.42 Å². The molecule has 0 bridgehead atoms. The van der Waals surface area contributed by atoms with E-state index in [-0.39, 0.29) is 11.8 Å². The van der Waals surface area contributed by atoms with Crippen LogP contribution in [0.1, 0.15) is 44.9 Å². The van der Waals surface area contributed by atoms with E-state index in [1.54, 1.807) is 0 Å². The molecule has 1 saturated carbocycles. The van der Waals surface area contributed by atoms with Crippen molar-refractivity contribution in [2.75, 3.05) is 26.2 Å². The van der Waals surface area contributed by atoms with Gasteiger partial charge >= 0.3 is 0 Å². The van der Waals surface area contributed by atoms with Crippen molar-refractivity contribution in [2.24, 2.45) is 11.7 Å². The molecule has 4 heteroatoms. The number of likely N-dealkylation sites (tertiary alicyclic amines) is 1. The van der Waals surface area contributed by atoms with Crippen LogP contribution < -0.4 is 11.1 Å². The number of amides is 1. The third kappa shape index (κ3) is 4.25. The molecular formula is C14H27N3O. The van der Waals surface area contributed by atoms with E-state index in [0.29, 0.717) is 6.04 Å². The number of hydrogen-bond donors (Lipinski definition) is 2. The number of nitrogens with two attached hydrogens (primary N) is 1. The highest BCUT2D eigenvalue weighted by atomic mass is 16.1. The lowest BCUT2D eigenvalue weighted by molar-refractivity contribution is -0.126. The van der Waals surface area contributed by atoms with Crippen molar-refractivity contribution in [1.82, 2.24) is 10.2 Å². The first kappa shape index (κ1) is 13.8. The van der Waals surface area contributed by atoms with E-state index in [1.165, 1.54) is 32.4 Å². The number of nitrogens with zero attached hydrogens (tertiary/aromatic N) is 1. The highest BCUT2D eigenvalue weighted by Crippen LogP contribution is 2.23. The number of hydrogen-bond acceptors (Lipinski definition) is 3. The fourth-order valence-electron chi connectivity index (χ4n) is 3.05. The Morgan fingerprint density at radius 3 is 2.44 bits per heavy atom. The zero-order valence-electron chi connectivity index (χ0n) is 11.4. The summed E-state index contributed by atoms with van der Waals surface area (Å²) in [5.41, 5.74) is 5.86. The first-order chi connectivity index (χ1) is 8.75. The molecule has 0 aromatic heterocycles. The van der Waals surface area contributed by atoms with E-state index in [9.17, 15) is 4.79 Å². The van der Waals surface area contributed by atoms with Crippen molar-refractivity contribution in [3.05, 3.63) is 0 Å². The van der Waals surface area contributed by atoms with Crippen LogP contribution in [0.2, 0.25) is 0 Å². The zero-order valence-corrected chi connectivity index (χ0v) is 11.4. The summed E-state index contributed by atoms with van der Waals surface area (Å²) in [7, 11) is 0. The molecule has 1 heterocycles. The van der Waals surface area contributed by atoms with Crippen LogP contribution in [0.5, 0.6) is 0 Å². The Hall–Kier alpha value is -0.610. The minimum absolute atomic E-state index is 0.214. The molecule has 2 aliphatic rings. The summed E-state index contributed by atoms with van der Waals surface area (Å²) in [6.45, 7) is 4.22. The van der Waals surface area contributed by atoms with Crippen molar-refractivity contribution in [2.45, 2.75) is 51.0 Å². The smallest absolute Gasteiger partial charge is 0.223 e. The summed E-state index contributed by atoms with van der Waals surface area (Å²) < 4.78 is 0. The van der Waals surface area contributed by atoms with Gasteiger partial charge in [0.05, 0.1) is 0 Å². The molecule has 0 spiro atoms. The summed E-state index contributed by atoms with van der Waals surface area (Å²) in [6.07, 6.45) is 7.94. The maximum atomic E-state index is 12.0. The second-order valence-electron chi connectivity index (χ2n) is 5.81. The molecule has 4 nitrogen and oxygen atoms in total. The molecule has 3 N–H and O–H groups in total. The second-order valence-corrected chi connectivity index (χ2v) is 5.81. The second kappa shape index (κ2) is 7.10. The van der Waals surface area contributed by atoms with Gasteiger partial charge in [0.1, 0.15) is 0 Å². The molecule has 1 amide bonds. The number of nitrogens with one attached hydrogen (secondary N) is 1. The number of carbonyl (C=O) groups excluding carboxylic acids is 1. The first-order valence-corrected chi connectivity index (χ1v) is 7.51. The van der Waals surface area contributed by atoms with E-state index in [4.69, 9.17) is 5.73 Å². The first-order valence-electron chi connectivity index (χ1n) is 7.51. The fraction of sp³-hybridized carbons (Fsp3) is 0.929. The molecule has 0 aromatic carbocycles. The molecule has 0 radical (unpaired) electrons. The topological polar surface area (TPSA) is 58.4 Å². The fourth-order valence-corrected chi connectivity index (χ4v) is 3.05. The molecule has 1 saturated heterocycles. The third-order valence-corrected chi connectivity index (χ3v) is 4.32. The Kier molecular flexibility index (Phi) is 5.45. The Morgan fingerprint density at radius 1 is 1.11 bits per heavy atom. The van der Waals surface area contributed by atoms with Crippen LogP contribution in [0.3, 0.4) is 0 Å². The maximum Gasteiger partial charge on any atom is 0.223 e. The van der Waals surface area contributed by atoms with E-state index >= 15 is 0 Å². The predicted octanol–water partition coefficient (Wildman–Crippen LogP) is 1.11. The van der Waals surface area contributed by atoms with Crippen LogP contribution in [0.25, 0.3) is 0 Å². The monoisotopic (exact) mass is 253 g/mol.